The zero-order chi connectivity index (χ0) is 8.43. The van der Waals surface area contributed by atoms with Gasteiger partial charge in [0.05, 0.1) is 6.20 Å². The monoisotopic (exact) mass is 153 g/mol. The summed E-state index contributed by atoms with van der Waals surface area (Å²) in [7, 11) is 1.85. The molecule has 0 aromatic carbocycles. The highest BCUT2D eigenvalue weighted by Crippen LogP contribution is 2.05. The lowest BCUT2D eigenvalue weighted by Gasteiger charge is -2.01. The van der Waals surface area contributed by atoms with Gasteiger partial charge in [-0.15, -0.1) is 0 Å². The molecule has 0 radical (unpaired) electrons. The summed E-state index contributed by atoms with van der Waals surface area (Å²) in [6.07, 6.45) is 1.71. The van der Waals surface area contributed by atoms with Crippen LogP contribution in [0.25, 0.3) is 0 Å². The van der Waals surface area contributed by atoms with Gasteiger partial charge in [0.1, 0.15) is 0 Å². The highest BCUT2D eigenvalue weighted by Gasteiger charge is 2.02. The Morgan fingerprint density at radius 3 is 2.73 bits per heavy atom. The highest BCUT2D eigenvalue weighted by atomic mass is 16.1. The van der Waals surface area contributed by atoms with Gasteiger partial charge in [0.25, 0.3) is 0 Å². The minimum absolute atomic E-state index is 0.0984. The zero-order valence-electron chi connectivity index (χ0n) is 6.88. The lowest BCUT2D eigenvalue weighted by molar-refractivity contribution is -0.114. The molecule has 4 nitrogen and oxygen atoms in total. The van der Waals surface area contributed by atoms with Crippen molar-refractivity contribution in [1.82, 2.24) is 9.55 Å². The van der Waals surface area contributed by atoms with E-state index in [-0.39, 0.29) is 5.91 Å². The number of nitrogens with zero attached hydrogens (tertiary/aromatic N) is 2. The SMILES string of the molecule is CC(=O)Nc1ncc(C)n1C. The number of carbonyl (C=O) groups is 1. The number of hydrogen-bond acceptors (Lipinski definition) is 2. The lowest BCUT2D eigenvalue weighted by Crippen LogP contribution is -2.10. The Morgan fingerprint density at radius 1 is 1.73 bits per heavy atom. The largest absolute Gasteiger partial charge is 0.318 e. The standard InChI is InChI=1S/C7H11N3O/c1-5-4-8-7(10(5)3)9-6(2)11/h4H,1-3H3,(H,8,9,11). The van der Waals surface area contributed by atoms with Gasteiger partial charge >= 0.3 is 0 Å². The first kappa shape index (κ1) is 7.78. The Morgan fingerprint density at radius 2 is 2.36 bits per heavy atom. The highest BCUT2D eigenvalue weighted by molar-refractivity contribution is 5.86. The number of rotatable bonds is 1. The summed E-state index contributed by atoms with van der Waals surface area (Å²) < 4.78 is 1.82. The number of nitrogens with one attached hydrogen (secondary N) is 1. The maximum absolute atomic E-state index is 10.6. The molecule has 1 amide bonds. The second kappa shape index (κ2) is 2.74. The van der Waals surface area contributed by atoms with E-state index in [1.165, 1.54) is 6.92 Å². The van der Waals surface area contributed by atoms with Crippen LogP contribution in [0.4, 0.5) is 5.95 Å². The smallest absolute Gasteiger partial charge is 0.223 e. The van der Waals surface area contributed by atoms with Gasteiger partial charge in [-0.1, -0.05) is 0 Å². The van der Waals surface area contributed by atoms with E-state index in [0.717, 1.165) is 5.69 Å². The van der Waals surface area contributed by atoms with Gasteiger partial charge in [0.2, 0.25) is 11.9 Å². The predicted molar refractivity (Wildman–Crippen MR) is 42.2 cm³/mol. The van der Waals surface area contributed by atoms with Crippen molar-refractivity contribution in [3.05, 3.63) is 11.9 Å². The van der Waals surface area contributed by atoms with Gasteiger partial charge in [0, 0.05) is 19.7 Å². The third kappa shape index (κ3) is 1.58. The maximum atomic E-state index is 10.6. The second-order valence-electron chi connectivity index (χ2n) is 2.46. The van der Waals surface area contributed by atoms with Crippen molar-refractivity contribution in [2.75, 3.05) is 5.32 Å². The van der Waals surface area contributed by atoms with Crippen molar-refractivity contribution in [3.8, 4) is 0 Å². The molecular weight excluding hydrogens is 142 g/mol. The molecule has 1 aromatic heterocycles. The molecule has 0 saturated carbocycles. The van der Waals surface area contributed by atoms with Gasteiger partial charge in [-0.05, 0) is 6.92 Å². The van der Waals surface area contributed by atoms with E-state index in [1.807, 2.05) is 18.5 Å². The number of amides is 1. The molecule has 0 fully saturated rings. The number of hydrogen-bond donors (Lipinski definition) is 1. The van der Waals surface area contributed by atoms with Crippen molar-refractivity contribution in [2.24, 2.45) is 7.05 Å². The van der Waals surface area contributed by atoms with Gasteiger partial charge < -0.3 is 4.57 Å². The van der Waals surface area contributed by atoms with Crippen LogP contribution in [-0.2, 0) is 11.8 Å². The van der Waals surface area contributed by atoms with Crippen LogP contribution in [0.3, 0.4) is 0 Å². The average Bonchev–Trinajstić information content (AvgIpc) is 2.18. The van der Waals surface area contributed by atoms with Crippen molar-refractivity contribution >= 4 is 11.9 Å². The van der Waals surface area contributed by atoms with Crippen molar-refractivity contribution in [2.45, 2.75) is 13.8 Å². The van der Waals surface area contributed by atoms with Gasteiger partial charge in [-0.3, -0.25) is 10.1 Å². The molecule has 1 heterocycles. The topological polar surface area (TPSA) is 46.9 Å². The fourth-order valence-corrected chi connectivity index (χ4v) is 0.768. The zero-order valence-corrected chi connectivity index (χ0v) is 6.88. The lowest BCUT2D eigenvalue weighted by atomic mass is 10.5. The molecule has 0 spiro atoms. The molecule has 11 heavy (non-hydrogen) atoms. The Balaban J connectivity index is 2.87. The van der Waals surface area contributed by atoms with Crippen LogP contribution in [0.2, 0.25) is 0 Å². The van der Waals surface area contributed by atoms with Crippen LogP contribution in [0, 0.1) is 6.92 Å². The van der Waals surface area contributed by atoms with E-state index in [0.29, 0.717) is 5.95 Å². The number of aryl methyl sites for hydroxylation is 1. The summed E-state index contributed by atoms with van der Waals surface area (Å²) in [5, 5.41) is 2.61. The van der Waals surface area contributed by atoms with E-state index >= 15 is 0 Å². The average molecular weight is 153 g/mol. The Bertz CT molecular complexity index is 277. The summed E-state index contributed by atoms with van der Waals surface area (Å²) in [5.41, 5.74) is 1.02. The Labute approximate surface area is 65.2 Å². The molecular formula is C7H11N3O. The minimum Gasteiger partial charge on any atom is -0.318 e. The molecule has 1 N–H and O–H groups in total. The quantitative estimate of drug-likeness (QED) is 0.645. The first-order valence-corrected chi connectivity index (χ1v) is 3.37. The van der Waals surface area contributed by atoms with E-state index in [2.05, 4.69) is 10.3 Å². The van der Waals surface area contributed by atoms with Crippen molar-refractivity contribution in [3.63, 3.8) is 0 Å². The van der Waals surface area contributed by atoms with Crippen LogP contribution in [0.15, 0.2) is 6.20 Å². The number of anilines is 1. The van der Waals surface area contributed by atoms with E-state index in [4.69, 9.17) is 0 Å². The molecule has 1 rings (SSSR count). The van der Waals surface area contributed by atoms with Crippen LogP contribution < -0.4 is 5.32 Å². The summed E-state index contributed by atoms with van der Waals surface area (Å²) in [6, 6.07) is 0. The van der Waals surface area contributed by atoms with Crippen LogP contribution in [-0.4, -0.2) is 15.5 Å². The summed E-state index contributed by atoms with van der Waals surface area (Å²) >= 11 is 0. The first-order chi connectivity index (χ1) is 5.11. The van der Waals surface area contributed by atoms with Gasteiger partial charge in [0.15, 0.2) is 0 Å². The van der Waals surface area contributed by atoms with E-state index in [9.17, 15) is 4.79 Å². The van der Waals surface area contributed by atoms with Crippen LogP contribution in [0.5, 0.6) is 0 Å². The Hall–Kier alpha value is -1.32. The first-order valence-electron chi connectivity index (χ1n) is 3.37. The molecule has 1 aromatic rings. The number of imidazole rings is 1. The molecule has 0 aliphatic heterocycles. The molecule has 0 bridgehead atoms. The molecule has 0 atom stereocenters. The maximum Gasteiger partial charge on any atom is 0.223 e. The Kier molecular flexibility index (Phi) is 1.94. The third-order valence-electron chi connectivity index (χ3n) is 1.51. The molecule has 0 aliphatic carbocycles. The fraction of sp³-hybridized carbons (Fsp3) is 0.429. The third-order valence-corrected chi connectivity index (χ3v) is 1.51. The second-order valence-corrected chi connectivity index (χ2v) is 2.46. The molecule has 0 unspecified atom stereocenters. The molecule has 0 aliphatic rings. The van der Waals surface area contributed by atoms with Crippen molar-refractivity contribution < 1.29 is 4.79 Å². The van der Waals surface area contributed by atoms with Gasteiger partial charge in [-0.2, -0.15) is 0 Å². The predicted octanol–water partition coefficient (Wildman–Crippen LogP) is 0.687. The van der Waals surface area contributed by atoms with Gasteiger partial charge in [-0.25, -0.2) is 4.98 Å². The normalized spacial score (nSPS) is 9.73. The van der Waals surface area contributed by atoms with E-state index in [1.54, 1.807) is 6.20 Å². The summed E-state index contributed by atoms with van der Waals surface area (Å²) in [4.78, 5) is 14.6. The summed E-state index contributed by atoms with van der Waals surface area (Å²) in [6.45, 7) is 3.39. The molecule has 0 saturated heterocycles. The van der Waals surface area contributed by atoms with E-state index < -0.39 is 0 Å². The number of aromatic nitrogens is 2. The fourth-order valence-electron chi connectivity index (χ4n) is 0.768. The van der Waals surface area contributed by atoms with Crippen LogP contribution >= 0.6 is 0 Å². The summed E-state index contributed by atoms with van der Waals surface area (Å²) in [5.74, 6) is 0.494. The van der Waals surface area contributed by atoms with Crippen LogP contribution in [0.1, 0.15) is 12.6 Å². The molecule has 4 heteroatoms. The molecule has 60 valence electrons. The minimum atomic E-state index is -0.0984. The number of carbonyl (C=O) groups excluding carboxylic acids is 1. The van der Waals surface area contributed by atoms with Crippen molar-refractivity contribution in [1.29, 1.82) is 0 Å².